The molecule has 1 aromatic heterocycles. The van der Waals surface area contributed by atoms with Crippen LogP contribution in [0.1, 0.15) is 42.6 Å². The summed E-state index contributed by atoms with van der Waals surface area (Å²) in [7, 11) is 2.92. The molecule has 35 heavy (non-hydrogen) atoms. The van der Waals surface area contributed by atoms with Crippen molar-refractivity contribution in [3.05, 3.63) is 89.3 Å². The van der Waals surface area contributed by atoms with E-state index in [1.54, 1.807) is 42.6 Å². The van der Waals surface area contributed by atoms with Gasteiger partial charge < -0.3 is 14.6 Å². The number of anilines is 1. The van der Waals surface area contributed by atoms with Crippen molar-refractivity contribution in [1.29, 1.82) is 0 Å². The molecule has 3 aromatic rings. The van der Waals surface area contributed by atoms with Gasteiger partial charge in [-0.2, -0.15) is 0 Å². The van der Waals surface area contributed by atoms with Crippen molar-refractivity contribution in [2.24, 2.45) is 0 Å². The summed E-state index contributed by atoms with van der Waals surface area (Å²) in [6, 6.07) is 16.9. The van der Waals surface area contributed by atoms with Gasteiger partial charge in [0.2, 0.25) is 0 Å². The van der Waals surface area contributed by atoms with Gasteiger partial charge in [0.05, 0.1) is 25.5 Å². The molecule has 1 N–H and O–H groups in total. The highest BCUT2D eigenvalue weighted by molar-refractivity contribution is 6.51. The Labute approximate surface area is 204 Å². The summed E-state index contributed by atoms with van der Waals surface area (Å²) in [5.41, 5.74) is 2.28. The average molecular weight is 473 g/mol. The smallest absolute Gasteiger partial charge is 0.300 e. The van der Waals surface area contributed by atoms with Crippen LogP contribution in [-0.2, 0) is 16.0 Å². The van der Waals surface area contributed by atoms with Crippen molar-refractivity contribution in [2.45, 2.75) is 32.2 Å². The number of Topliss-reactive ketones (excluding diaryl/α,β-unsaturated/α-hetero) is 1. The minimum Gasteiger partial charge on any atom is -0.506 e. The van der Waals surface area contributed by atoms with E-state index in [0.29, 0.717) is 22.9 Å². The molecule has 4 rings (SSSR count). The summed E-state index contributed by atoms with van der Waals surface area (Å²) in [4.78, 5) is 32.5. The Morgan fingerprint density at radius 1 is 0.971 bits per heavy atom. The number of aryl methyl sites for hydroxylation is 1. The maximum absolute atomic E-state index is 13.4. The number of aliphatic hydroxyl groups excluding tert-OH is 1. The third-order valence-corrected chi connectivity index (χ3v) is 6.11. The number of ketones is 1. The van der Waals surface area contributed by atoms with Crippen molar-refractivity contribution < 1.29 is 24.2 Å². The van der Waals surface area contributed by atoms with Gasteiger partial charge in [0, 0.05) is 11.9 Å². The first-order valence-electron chi connectivity index (χ1n) is 11.5. The van der Waals surface area contributed by atoms with Crippen LogP contribution in [0.15, 0.2) is 72.4 Å². The van der Waals surface area contributed by atoms with Gasteiger partial charge in [-0.15, -0.1) is 0 Å². The zero-order valence-electron chi connectivity index (χ0n) is 20.0. The minimum atomic E-state index is -0.924. The quantitative estimate of drug-likeness (QED) is 0.280. The van der Waals surface area contributed by atoms with E-state index in [0.717, 1.165) is 24.8 Å². The molecule has 1 unspecified atom stereocenters. The largest absolute Gasteiger partial charge is 0.506 e. The van der Waals surface area contributed by atoms with Gasteiger partial charge in [-0.25, -0.2) is 0 Å². The summed E-state index contributed by atoms with van der Waals surface area (Å²) in [6.45, 7) is 2.14. The second-order valence-corrected chi connectivity index (χ2v) is 8.23. The number of aliphatic hydroxyl groups is 1. The van der Waals surface area contributed by atoms with Crippen LogP contribution in [-0.4, -0.2) is 36.0 Å². The number of rotatable bonds is 8. The lowest BCUT2D eigenvalue weighted by molar-refractivity contribution is -0.132. The lowest BCUT2D eigenvalue weighted by Gasteiger charge is -2.25. The maximum atomic E-state index is 13.4. The van der Waals surface area contributed by atoms with Crippen LogP contribution in [0.5, 0.6) is 11.5 Å². The molecule has 1 aliphatic rings. The van der Waals surface area contributed by atoms with Gasteiger partial charge in [-0.1, -0.05) is 37.6 Å². The van der Waals surface area contributed by atoms with Gasteiger partial charge >= 0.3 is 0 Å². The maximum Gasteiger partial charge on any atom is 0.300 e. The van der Waals surface area contributed by atoms with E-state index in [9.17, 15) is 14.7 Å². The number of hydrogen-bond donors (Lipinski definition) is 1. The lowest BCUT2D eigenvalue weighted by atomic mass is 9.97. The molecule has 1 saturated heterocycles. The summed E-state index contributed by atoms with van der Waals surface area (Å²) >= 11 is 0. The number of methoxy groups -OCH3 is 2. The molecule has 1 amide bonds. The van der Waals surface area contributed by atoms with Gasteiger partial charge in [-0.3, -0.25) is 19.5 Å². The third kappa shape index (κ3) is 4.49. The summed E-state index contributed by atoms with van der Waals surface area (Å²) in [6.07, 6.45) is 4.68. The first-order valence-corrected chi connectivity index (χ1v) is 11.5. The molecule has 2 aromatic carbocycles. The number of benzene rings is 2. The van der Waals surface area contributed by atoms with E-state index in [1.807, 2.05) is 24.3 Å². The molecule has 1 atom stereocenters. The van der Waals surface area contributed by atoms with E-state index in [2.05, 4.69) is 11.9 Å². The van der Waals surface area contributed by atoms with Crippen LogP contribution in [0.2, 0.25) is 0 Å². The monoisotopic (exact) mass is 472 g/mol. The van der Waals surface area contributed by atoms with Gasteiger partial charge in [0.1, 0.15) is 28.9 Å². The fourth-order valence-corrected chi connectivity index (χ4v) is 4.34. The Hall–Kier alpha value is -4.13. The topological polar surface area (TPSA) is 89.0 Å². The Morgan fingerprint density at radius 2 is 1.66 bits per heavy atom. The predicted octanol–water partition coefficient (Wildman–Crippen LogP) is 5.07. The molecule has 2 heterocycles. The number of unbranched alkanes of at least 4 members (excludes halogenated alkanes) is 1. The van der Waals surface area contributed by atoms with E-state index >= 15 is 0 Å². The van der Waals surface area contributed by atoms with Crippen LogP contribution in [0.3, 0.4) is 0 Å². The van der Waals surface area contributed by atoms with E-state index in [-0.39, 0.29) is 16.9 Å². The fraction of sp³-hybridized carbons (Fsp3) is 0.250. The van der Waals surface area contributed by atoms with Crippen LogP contribution < -0.4 is 14.4 Å². The molecule has 7 nitrogen and oxygen atoms in total. The number of hydrogen-bond acceptors (Lipinski definition) is 6. The molecular weight excluding hydrogens is 444 g/mol. The highest BCUT2D eigenvalue weighted by Crippen LogP contribution is 2.44. The van der Waals surface area contributed by atoms with Crippen LogP contribution in [0.25, 0.3) is 5.76 Å². The van der Waals surface area contributed by atoms with Crippen LogP contribution in [0, 0.1) is 0 Å². The Bertz CT molecular complexity index is 1230. The summed E-state index contributed by atoms with van der Waals surface area (Å²) in [5, 5.41) is 11.5. The van der Waals surface area contributed by atoms with Gasteiger partial charge in [-0.05, 0) is 54.8 Å². The predicted molar refractivity (Wildman–Crippen MR) is 134 cm³/mol. The van der Waals surface area contributed by atoms with Crippen molar-refractivity contribution in [3.63, 3.8) is 0 Å². The first-order chi connectivity index (χ1) is 17.0. The zero-order chi connectivity index (χ0) is 24.9. The SMILES string of the molecule is CCCCc1ccc(N2C(=O)C(=O)/C(=C(/O)c3c(OC)cccc3OC)C2c2ccccn2)cc1. The number of pyridine rings is 1. The van der Waals surface area contributed by atoms with Crippen molar-refractivity contribution in [1.82, 2.24) is 4.98 Å². The molecule has 0 aliphatic carbocycles. The Balaban J connectivity index is 1.90. The van der Waals surface area contributed by atoms with Gasteiger partial charge in [0.15, 0.2) is 0 Å². The molecule has 1 aliphatic heterocycles. The number of amides is 1. The Morgan fingerprint density at radius 3 is 2.23 bits per heavy atom. The Kier molecular flexibility index (Phi) is 7.15. The molecule has 0 radical (unpaired) electrons. The highest BCUT2D eigenvalue weighted by Gasteiger charge is 2.48. The molecule has 0 saturated carbocycles. The molecule has 180 valence electrons. The fourth-order valence-electron chi connectivity index (χ4n) is 4.34. The lowest BCUT2D eigenvalue weighted by Crippen LogP contribution is -2.29. The number of carbonyl (C=O) groups is 2. The molecule has 0 spiro atoms. The number of nitrogens with zero attached hydrogens (tertiary/aromatic N) is 2. The number of ether oxygens (including phenoxy) is 2. The molecular formula is C28H28N2O5. The van der Waals surface area contributed by atoms with Gasteiger partial charge in [0.25, 0.3) is 11.7 Å². The minimum absolute atomic E-state index is 0.0773. The molecule has 1 fully saturated rings. The summed E-state index contributed by atoms with van der Waals surface area (Å²) in [5.74, 6) is -1.30. The van der Waals surface area contributed by atoms with E-state index in [1.165, 1.54) is 19.1 Å². The van der Waals surface area contributed by atoms with E-state index < -0.39 is 17.7 Å². The molecule has 0 bridgehead atoms. The summed E-state index contributed by atoms with van der Waals surface area (Å²) < 4.78 is 10.9. The highest BCUT2D eigenvalue weighted by atomic mass is 16.5. The zero-order valence-corrected chi connectivity index (χ0v) is 20.0. The third-order valence-electron chi connectivity index (χ3n) is 6.11. The van der Waals surface area contributed by atoms with Crippen LogP contribution in [0.4, 0.5) is 5.69 Å². The first kappa shape index (κ1) is 24.0. The van der Waals surface area contributed by atoms with E-state index in [4.69, 9.17) is 9.47 Å². The van der Waals surface area contributed by atoms with Crippen molar-refractivity contribution in [3.8, 4) is 11.5 Å². The normalized spacial score (nSPS) is 17.0. The standard InChI is InChI=1S/C28H28N2O5/c1-4-5-9-18-13-15-19(16-14-18)30-25(20-10-6-7-17-29-20)24(27(32)28(30)33)26(31)23-21(34-2)11-8-12-22(23)35-3/h6-8,10-17,25,31H,4-5,9H2,1-3H3/b26-24+. The average Bonchev–Trinajstić information content (AvgIpc) is 3.17. The second-order valence-electron chi connectivity index (χ2n) is 8.23. The number of aromatic nitrogens is 1. The van der Waals surface area contributed by atoms with Crippen molar-refractivity contribution >= 4 is 23.1 Å². The second kappa shape index (κ2) is 10.4. The number of carbonyl (C=O) groups excluding carboxylic acids is 2. The van der Waals surface area contributed by atoms with Crippen LogP contribution >= 0.6 is 0 Å². The molecule has 7 heteroatoms. The van der Waals surface area contributed by atoms with Crippen molar-refractivity contribution in [2.75, 3.05) is 19.1 Å².